The van der Waals surface area contributed by atoms with Gasteiger partial charge >= 0.3 is 0 Å². The van der Waals surface area contributed by atoms with Crippen molar-refractivity contribution in [3.8, 4) is 0 Å². The molecule has 1 aliphatic rings. The van der Waals surface area contributed by atoms with E-state index in [1.165, 1.54) is 0 Å². The van der Waals surface area contributed by atoms with Gasteiger partial charge in [0.15, 0.2) is 0 Å². The van der Waals surface area contributed by atoms with E-state index < -0.39 is 5.92 Å². The molecule has 96 valence electrons. The van der Waals surface area contributed by atoms with Gasteiger partial charge in [-0.2, -0.15) is 0 Å². The minimum absolute atomic E-state index is 0.00426. The van der Waals surface area contributed by atoms with Gasteiger partial charge in [0.05, 0.1) is 6.61 Å². The van der Waals surface area contributed by atoms with Gasteiger partial charge in [0.25, 0.3) is 0 Å². The average molecular weight is 245 g/mol. The number of halogens is 2. The van der Waals surface area contributed by atoms with Crippen LogP contribution in [0.25, 0.3) is 0 Å². The van der Waals surface area contributed by atoms with Crippen molar-refractivity contribution in [3.05, 3.63) is 12.2 Å². The molecule has 17 heavy (non-hydrogen) atoms. The number of methoxy groups -OCH3 is 1. The Morgan fingerprint density at radius 1 is 1.59 bits per heavy atom. The maximum absolute atomic E-state index is 13.3. The molecule has 1 unspecified atom stereocenters. The van der Waals surface area contributed by atoms with Crippen molar-refractivity contribution < 1.29 is 13.5 Å². The molecular formula is C11H17F2N3O. The zero-order valence-corrected chi connectivity index (χ0v) is 9.90. The SMILES string of the molecule is COCCn1cnnc1C1CCCC(F)(F)C1. The molecule has 2 rings (SSSR count). The number of alkyl halides is 2. The standard InChI is InChI=1S/C11H17F2N3O/c1-17-6-5-16-8-14-15-10(16)9-3-2-4-11(12,13)7-9/h8-9H,2-7H2,1H3. The predicted octanol–water partition coefficient (Wildman–Crippen LogP) is 2.22. The van der Waals surface area contributed by atoms with Crippen LogP contribution in [0.2, 0.25) is 0 Å². The molecular weight excluding hydrogens is 228 g/mol. The second kappa shape index (κ2) is 5.08. The molecule has 0 radical (unpaired) electrons. The van der Waals surface area contributed by atoms with E-state index in [0.717, 1.165) is 6.42 Å². The molecule has 4 nitrogen and oxygen atoms in total. The van der Waals surface area contributed by atoms with Crippen LogP contribution in [0.3, 0.4) is 0 Å². The lowest BCUT2D eigenvalue weighted by Gasteiger charge is -2.28. The third-order valence-electron chi connectivity index (χ3n) is 3.19. The summed E-state index contributed by atoms with van der Waals surface area (Å²) >= 11 is 0. The fourth-order valence-corrected chi connectivity index (χ4v) is 2.33. The van der Waals surface area contributed by atoms with Crippen LogP contribution in [-0.4, -0.2) is 34.4 Å². The van der Waals surface area contributed by atoms with Gasteiger partial charge in [-0.15, -0.1) is 10.2 Å². The summed E-state index contributed by atoms with van der Waals surface area (Å²) < 4.78 is 33.5. The largest absolute Gasteiger partial charge is 0.383 e. The summed E-state index contributed by atoms with van der Waals surface area (Å²) in [4.78, 5) is 0. The Labute approximate surface area is 99.0 Å². The highest BCUT2D eigenvalue weighted by Crippen LogP contribution is 2.40. The van der Waals surface area contributed by atoms with Gasteiger partial charge in [0, 0.05) is 32.4 Å². The highest BCUT2D eigenvalue weighted by Gasteiger charge is 2.38. The summed E-state index contributed by atoms with van der Waals surface area (Å²) in [7, 11) is 1.61. The van der Waals surface area contributed by atoms with Crippen LogP contribution in [-0.2, 0) is 11.3 Å². The number of rotatable bonds is 4. The molecule has 0 aromatic carbocycles. The quantitative estimate of drug-likeness (QED) is 0.816. The molecule has 1 atom stereocenters. The molecule has 1 aromatic heterocycles. The Hall–Kier alpha value is -1.04. The number of aromatic nitrogens is 3. The zero-order chi connectivity index (χ0) is 12.3. The van der Waals surface area contributed by atoms with Crippen LogP contribution in [0.4, 0.5) is 8.78 Å². The van der Waals surface area contributed by atoms with Gasteiger partial charge in [0.2, 0.25) is 5.92 Å². The summed E-state index contributed by atoms with van der Waals surface area (Å²) in [5, 5.41) is 7.79. The van der Waals surface area contributed by atoms with E-state index >= 15 is 0 Å². The molecule has 0 spiro atoms. The lowest BCUT2D eigenvalue weighted by atomic mass is 9.86. The number of ether oxygens (including phenoxy) is 1. The summed E-state index contributed by atoms with van der Waals surface area (Å²) in [5.74, 6) is -2.07. The number of nitrogens with zero attached hydrogens (tertiary/aromatic N) is 3. The van der Waals surface area contributed by atoms with E-state index in [0.29, 0.717) is 25.4 Å². The van der Waals surface area contributed by atoms with E-state index in [2.05, 4.69) is 10.2 Å². The summed E-state index contributed by atoms with van der Waals surface area (Å²) in [6.45, 7) is 1.15. The van der Waals surface area contributed by atoms with Gasteiger partial charge < -0.3 is 9.30 Å². The van der Waals surface area contributed by atoms with Crippen LogP contribution >= 0.6 is 0 Å². The Kier molecular flexibility index (Phi) is 3.71. The molecule has 1 aliphatic carbocycles. The maximum atomic E-state index is 13.3. The van der Waals surface area contributed by atoms with Crippen LogP contribution in [0, 0.1) is 0 Å². The first-order valence-corrected chi connectivity index (χ1v) is 5.87. The third-order valence-corrected chi connectivity index (χ3v) is 3.19. The number of hydrogen-bond donors (Lipinski definition) is 0. The Balaban J connectivity index is 2.08. The van der Waals surface area contributed by atoms with Gasteiger partial charge in [-0.3, -0.25) is 0 Å². The average Bonchev–Trinajstić information content (AvgIpc) is 2.73. The monoisotopic (exact) mass is 245 g/mol. The smallest absolute Gasteiger partial charge is 0.248 e. The highest BCUT2D eigenvalue weighted by atomic mass is 19.3. The van der Waals surface area contributed by atoms with Gasteiger partial charge in [-0.25, -0.2) is 8.78 Å². The predicted molar refractivity (Wildman–Crippen MR) is 58.1 cm³/mol. The van der Waals surface area contributed by atoms with Crippen molar-refractivity contribution >= 4 is 0 Å². The minimum atomic E-state index is -2.55. The van der Waals surface area contributed by atoms with E-state index in [1.54, 1.807) is 13.4 Å². The van der Waals surface area contributed by atoms with Crippen molar-refractivity contribution in [2.24, 2.45) is 0 Å². The normalized spacial score (nSPS) is 23.8. The van der Waals surface area contributed by atoms with E-state index in [9.17, 15) is 8.78 Å². The molecule has 0 saturated heterocycles. The van der Waals surface area contributed by atoms with Crippen LogP contribution in [0.1, 0.15) is 37.4 Å². The summed E-state index contributed by atoms with van der Waals surface area (Å²) in [5.41, 5.74) is 0. The molecule has 1 aromatic rings. The van der Waals surface area contributed by atoms with Crippen LogP contribution in [0.15, 0.2) is 6.33 Å². The van der Waals surface area contributed by atoms with Crippen molar-refractivity contribution in [3.63, 3.8) is 0 Å². The lowest BCUT2D eigenvalue weighted by molar-refractivity contribution is -0.0421. The third kappa shape index (κ3) is 3.00. The molecule has 6 heteroatoms. The maximum Gasteiger partial charge on any atom is 0.248 e. The first kappa shape index (κ1) is 12.4. The zero-order valence-electron chi connectivity index (χ0n) is 9.90. The lowest BCUT2D eigenvalue weighted by Crippen LogP contribution is -2.26. The minimum Gasteiger partial charge on any atom is -0.383 e. The fourth-order valence-electron chi connectivity index (χ4n) is 2.33. The molecule has 1 fully saturated rings. The second-order valence-electron chi connectivity index (χ2n) is 4.52. The van der Waals surface area contributed by atoms with E-state index in [-0.39, 0.29) is 18.8 Å². The molecule has 1 saturated carbocycles. The fraction of sp³-hybridized carbons (Fsp3) is 0.818. The Morgan fingerprint density at radius 2 is 2.41 bits per heavy atom. The van der Waals surface area contributed by atoms with Crippen molar-refractivity contribution in [1.82, 2.24) is 14.8 Å². The van der Waals surface area contributed by atoms with Gasteiger partial charge in [-0.1, -0.05) is 0 Å². The van der Waals surface area contributed by atoms with Crippen LogP contribution in [0.5, 0.6) is 0 Å². The molecule has 0 amide bonds. The molecule has 1 heterocycles. The molecule has 0 N–H and O–H groups in total. The van der Waals surface area contributed by atoms with E-state index in [1.807, 2.05) is 4.57 Å². The van der Waals surface area contributed by atoms with Crippen molar-refractivity contribution in [2.75, 3.05) is 13.7 Å². The number of hydrogen-bond acceptors (Lipinski definition) is 3. The second-order valence-corrected chi connectivity index (χ2v) is 4.52. The van der Waals surface area contributed by atoms with E-state index in [4.69, 9.17) is 4.74 Å². The Morgan fingerprint density at radius 3 is 3.12 bits per heavy atom. The Bertz CT molecular complexity index is 367. The summed E-state index contributed by atoms with van der Waals surface area (Å²) in [6.07, 6.45) is 2.78. The van der Waals surface area contributed by atoms with Gasteiger partial charge in [-0.05, 0) is 12.8 Å². The molecule has 0 bridgehead atoms. The topological polar surface area (TPSA) is 39.9 Å². The first-order valence-electron chi connectivity index (χ1n) is 5.87. The van der Waals surface area contributed by atoms with Gasteiger partial charge in [0.1, 0.15) is 12.2 Å². The first-order chi connectivity index (χ1) is 8.12. The van der Waals surface area contributed by atoms with Crippen LogP contribution < -0.4 is 0 Å². The molecule has 0 aliphatic heterocycles. The highest BCUT2D eigenvalue weighted by molar-refractivity contribution is 5.00. The van der Waals surface area contributed by atoms with Crippen molar-refractivity contribution in [2.45, 2.75) is 44.1 Å². The summed E-state index contributed by atoms with van der Waals surface area (Å²) in [6, 6.07) is 0. The van der Waals surface area contributed by atoms with Crippen molar-refractivity contribution in [1.29, 1.82) is 0 Å².